The maximum atomic E-state index is 15.0. The zero-order chi connectivity index (χ0) is 27.6. The van der Waals surface area contributed by atoms with Gasteiger partial charge in [0.2, 0.25) is 11.6 Å². The van der Waals surface area contributed by atoms with Crippen molar-refractivity contribution in [2.45, 2.75) is 57.8 Å². The lowest BCUT2D eigenvalue weighted by Crippen LogP contribution is -2.17. The average Bonchev–Trinajstić information content (AvgIpc) is 2.91. The molecule has 3 aromatic carbocycles. The van der Waals surface area contributed by atoms with Crippen LogP contribution in [0.3, 0.4) is 0 Å². The van der Waals surface area contributed by atoms with Gasteiger partial charge in [0.05, 0.1) is 12.2 Å². The number of carbonyl (C=O) groups is 1. The summed E-state index contributed by atoms with van der Waals surface area (Å²) in [7, 11) is 0. The van der Waals surface area contributed by atoms with E-state index < -0.39 is 58.1 Å². The van der Waals surface area contributed by atoms with Crippen molar-refractivity contribution >= 4 is 5.97 Å². The van der Waals surface area contributed by atoms with Gasteiger partial charge in [0.1, 0.15) is 0 Å². The van der Waals surface area contributed by atoms with E-state index in [4.69, 9.17) is 9.47 Å². The molecule has 0 aromatic heterocycles. The van der Waals surface area contributed by atoms with Crippen LogP contribution in [0, 0.1) is 41.8 Å². The monoisotopic (exact) mass is 536 g/mol. The average molecular weight is 537 g/mol. The van der Waals surface area contributed by atoms with Gasteiger partial charge in [-0.2, -0.15) is 8.78 Å². The molecule has 0 aliphatic heterocycles. The van der Waals surface area contributed by atoms with Crippen LogP contribution in [0.1, 0.15) is 77.9 Å². The molecule has 0 spiro atoms. The lowest BCUT2D eigenvalue weighted by Gasteiger charge is -2.29. The summed E-state index contributed by atoms with van der Waals surface area (Å²) in [5.74, 6) is -10.5. The summed E-state index contributed by atoms with van der Waals surface area (Å²) in [6.45, 7) is 3.41. The van der Waals surface area contributed by atoms with E-state index in [1.165, 1.54) is 19.1 Å². The van der Waals surface area contributed by atoms with Crippen molar-refractivity contribution in [1.82, 2.24) is 0 Å². The first kappa shape index (κ1) is 27.5. The van der Waals surface area contributed by atoms with Gasteiger partial charge in [0.25, 0.3) is 0 Å². The van der Waals surface area contributed by atoms with E-state index in [1.54, 1.807) is 13.0 Å². The fourth-order valence-corrected chi connectivity index (χ4v) is 4.80. The lowest BCUT2D eigenvalue weighted by atomic mass is 9.75. The first-order chi connectivity index (χ1) is 18.1. The molecule has 3 nitrogen and oxygen atoms in total. The number of hydrogen-bond donors (Lipinski definition) is 0. The van der Waals surface area contributed by atoms with Crippen LogP contribution in [0.15, 0.2) is 36.4 Å². The molecule has 0 heterocycles. The molecule has 0 saturated heterocycles. The quantitative estimate of drug-likeness (QED) is 0.173. The molecule has 0 amide bonds. The van der Waals surface area contributed by atoms with Gasteiger partial charge in [-0.15, -0.1) is 0 Å². The number of halogens is 6. The minimum atomic E-state index is -1.49. The number of hydrogen-bond acceptors (Lipinski definition) is 3. The zero-order valence-electron chi connectivity index (χ0n) is 20.9. The van der Waals surface area contributed by atoms with E-state index in [1.807, 2.05) is 0 Å². The van der Waals surface area contributed by atoms with Crippen molar-refractivity contribution in [3.8, 4) is 11.5 Å². The molecule has 1 aliphatic rings. The van der Waals surface area contributed by atoms with E-state index >= 15 is 0 Å². The molecule has 0 unspecified atom stereocenters. The molecular formula is C29H26F6O3. The molecule has 3 aromatic rings. The van der Waals surface area contributed by atoms with Crippen molar-refractivity contribution in [2.24, 2.45) is 0 Å². The molecule has 0 N–H and O–H groups in total. The minimum absolute atomic E-state index is 0.0442. The molecule has 0 radical (unpaired) electrons. The summed E-state index contributed by atoms with van der Waals surface area (Å²) in [5, 5.41) is 0. The Kier molecular flexibility index (Phi) is 8.33. The van der Waals surface area contributed by atoms with Crippen LogP contribution in [0.25, 0.3) is 0 Å². The van der Waals surface area contributed by atoms with Crippen LogP contribution in [0.4, 0.5) is 26.3 Å². The Bertz CT molecular complexity index is 1350. The SMILES string of the molecule is CCCOc1ccc(OC(=O)c2ccc(C3CCC(c4ccc(C)c(F)c4F)CC3)c(F)c2F)c(F)c1F. The topological polar surface area (TPSA) is 35.5 Å². The van der Waals surface area contributed by atoms with Crippen molar-refractivity contribution in [3.63, 3.8) is 0 Å². The second-order valence-electron chi connectivity index (χ2n) is 9.41. The Morgan fingerprint density at radius 2 is 1.24 bits per heavy atom. The highest BCUT2D eigenvalue weighted by atomic mass is 19.2. The Morgan fingerprint density at radius 3 is 1.84 bits per heavy atom. The first-order valence-electron chi connectivity index (χ1n) is 12.4. The number of rotatable bonds is 7. The predicted octanol–water partition coefficient (Wildman–Crippen LogP) is 8.28. The molecule has 4 rings (SSSR count). The van der Waals surface area contributed by atoms with Gasteiger partial charge >= 0.3 is 5.97 Å². The van der Waals surface area contributed by atoms with Gasteiger partial charge in [0.15, 0.2) is 34.8 Å². The summed E-state index contributed by atoms with van der Waals surface area (Å²) < 4.78 is 96.6. The maximum absolute atomic E-state index is 15.0. The molecular weight excluding hydrogens is 510 g/mol. The lowest BCUT2D eigenvalue weighted by molar-refractivity contribution is 0.0720. The Morgan fingerprint density at radius 1 is 0.711 bits per heavy atom. The van der Waals surface area contributed by atoms with Gasteiger partial charge in [-0.3, -0.25) is 0 Å². The van der Waals surface area contributed by atoms with E-state index in [0.717, 1.165) is 18.2 Å². The number of benzene rings is 3. The van der Waals surface area contributed by atoms with Gasteiger partial charge in [-0.05, 0) is 85.8 Å². The van der Waals surface area contributed by atoms with Crippen molar-refractivity contribution in [1.29, 1.82) is 0 Å². The van der Waals surface area contributed by atoms with E-state index in [9.17, 15) is 31.1 Å². The van der Waals surface area contributed by atoms with Crippen molar-refractivity contribution < 1.29 is 40.6 Å². The summed E-state index contributed by atoms with van der Waals surface area (Å²) in [6, 6.07) is 7.39. The summed E-state index contributed by atoms with van der Waals surface area (Å²) in [5.41, 5.74) is -0.252. The van der Waals surface area contributed by atoms with E-state index in [0.29, 0.717) is 32.1 Å². The fourth-order valence-electron chi connectivity index (χ4n) is 4.80. The molecule has 9 heteroatoms. The minimum Gasteiger partial charge on any atom is -0.490 e. The van der Waals surface area contributed by atoms with Gasteiger partial charge in [-0.1, -0.05) is 25.1 Å². The third-order valence-corrected chi connectivity index (χ3v) is 6.92. The molecule has 1 fully saturated rings. The number of esters is 1. The smallest absolute Gasteiger partial charge is 0.346 e. The molecule has 0 bridgehead atoms. The Labute approximate surface area is 216 Å². The zero-order valence-corrected chi connectivity index (χ0v) is 20.9. The van der Waals surface area contributed by atoms with Gasteiger partial charge < -0.3 is 9.47 Å². The maximum Gasteiger partial charge on any atom is 0.346 e. The summed E-state index contributed by atoms with van der Waals surface area (Å²) in [4.78, 5) is 12.5. The Hall–Kier alpha value is -3.49. The highest BCUT2D eigenvalue weighted by molar-refractivity contribution is 5.91. The van der Waals surface area contributed by atoms with Crippen LogP contribution in [0.2, 0.25) is 0 Å². The summed E-state index contributed by atoms with van der Waals surface area (Å²) in [6.07, 6.45) is 2.24. The van der Waals surface area contributed by atoms with Crippen LogP contribution in [0.5, 0.6) is 11.5 Å². The van der Waals surface area contributed by atoms with E-state index in [2.05, 4.69) is 0 Å². The van der Waals surface area contributed by atoms with Crippen LogP contribution in [-0.4, -0.2) is 12.6 Å². The standard InChI is InChI=1S/C29H26F6O3/c1-3-14-37-21-12-13-22(28(35)27(21)34)38-29(36)20-11-10-19(25(32)26(20)33)17-7-5-16(6-8-17)18-9-4-15(2)23(30)24(18)31/h4,9-13,16-17H,3,5-8,14H2,1-2H3. The summed E-state index contributed by atoms with van der Waals surface area (Å²) >= 11 is 0. The highest BCUT2D eigenvalue weighted by Crippen LogP contribution is 2.42. The number of aryl methyl sites for hydroxylation is 1. The molecule has 1 aliphatic carbocycles. The normalized spacial score (nSPS) is 17.4. The molecule has 0 atom stereocenters. The second-order valence-corrected chi connectivity index (χ2v) is 9.41. The third-order valence-electron chi connectivity index (χ3n) is 6.92. The van der Waals surface area contributed by atoms with Crippen LogP contribution >= 0.6 is 0 Å². The van der Waals surface area contributed by atoms with Crippen molar-refractivity contribution in [2.75, 3.05) is 6.61 Å². The van der Waals surface area contributed by atoms with Crippen LogP contribution in [-0.2, 0) is 0 Å². The van der Waals surface area contributed by atoms with Gasteiger partial charge in [-0.25, -0.2) is 22.4 Å². The fraction of sp³-hybridized carbons (Fsp3) is 0.345. The second kappa shape index (κ2) is 11.5. The highest BCUT2D eigenvalue weighted by Gasteiger charge is 2.30. The molecule has 1 saturated carbocycles. The van der Waals surface area contributed by atoms with Crippen molar-refractivity contribution in [3.05, 3.63) is 93.6 Å². The third kappa shape index (κ3) is 5.37. The van der Waals surface area contributed by atoms with Gasteiger partial charge in [0, 0.05) is 0 Å². The number of carbonyl (C=O) groups excluding carboxylic acids is 1. The largest absolute Gasteiger partial charge is 0.490 e. The predicted molar refractivity (Wildman–Crippen MR) is 129 cm³/mol. The van der Waals surface area contributed by atoms with E-state index in [-0.39, 0.29) is 35.0 Å². The first-order valence-corrected chi connectivity index (χ1v) is 12.4. The Balaban J connectivity index is 1.47. The number of ether oxygens (including phenoxy) is 2. The molecule has 202 valence electrons. The van der Waals surface area contributed by atoms with Crippen LogP contribution < -0.4 is 9.47 Å². The molecule has 38 heavy (non-hydrogen) atoms.